The molecule has 0 N–H and O–H groups in total. The lowest BCUT2D eigenvalue weighted by molar-refractivity contribution is -0.387. The number of rotatable bonds is 8. The van der Waals surface area contributed by atoms with E-state index in [1.807, 2.05) is 0 Å². The van der Waals surface area contributed by atoms with Crippen LogP contribution in [0.15, 0.2) is 41.3 Å². The average Bonchev–Trinajstić information content (AvgIpc) is 2.59. The molecule has 146 valence electrons. The Morgan fingerprint density at radius 1 is 1.22 bits per heavy atom. The van der Waals surface area contributed by atoms with Crippen molar-refractivity contribution < 1.29 is 22.8 Å². The fourth-order valence-corrected chi connectivity index (χ4v) is 4.58. The smallest absolute Gasteiger partial charge is 0.416 e. The second-order valence-corrected chi connectivity index (χ2v) is 8.26. The van der Waals surface area contributed by atoms with Crippen molar-refractivity contribution in [3.8, 4) is 11.5 Å². The first kappa shape index (κ1) is 21.7. The highest BCUT2D eigenvalue weighted by molar-refractivity contribution is 8.76. The van der Waals surface area contributed by atoms with Gasteiger partial charge in [0.05, 0.1) is 20.4 Å². The van der Waals surface area contributed by atoms with Crippen LogP contribution in [0.4, 0.5) is 18.9 Å². The Balaban J connectivity index is 2.22. The number of alkyl halides is 3. The normalized spacial score (nSPS) is 11.4. The number of unbranched alkanes of at least 4 members (excludes halogenated alkanes) is 1. The van der Waals surface area contributed by atoms with Gasteiger partial charge in [-0.3, -0.25) is 10.1 Å². The molecule has 0 aliphatic carbocycles. The first-order valence-corrected chi connectivity index (χ1v) is 10.5. The van der Waals surface area contributed by atoms with Crippen molar-refractivity contribution in [2.24, 2.45) is 0 Å². The third kappa shape index (κ3) is 6.22. The maximum atomic E-state index is 12.7. The molecular formula is C17H15ClF3NO3S2. The maximum absolute atomic E-state index is 12.7. The van der Waals surface area contributed by atoms with Crippen molar-refractivity contribution in [1.29, 1.82) is 0 Å². The second kappa shape index (κ2) is 9.57. The lowest BCUT2D eigenvalue weighted by Gasteiger charge is -2.12. The van der Waals surface area contributed by atoms with E-state index >= 15 is 0 Å². The topological polar surface area (TPSA) is 52.4 Å². The summed E-state index contributed by atoms with van der Waals surface area (Å²) in [6, 6.07) is 6.93. The van der Waals surface area contributed by atoms with E-state index in [2.05, 4.69) is 6.92 Å². The zero-order valence-electron chi connectivity index (χ0n) is 14.1. The van der Waals surface area contributed by atoms with E-state index in [9.17, 15) is 23.3 Å². The molecule has 0 unspecified atom stereocenters. The number of halogens is 4. The molecule has 0 aliphatic rings. The monoisotopic (exact) mass is 437 g/mol. The van der Waals surface area contributed by atoms with Gasteiger partial charge in [0.15, 0.2) is 0 Å². The summed E-state index contributed by atoms with van der Waals surface area (Å²) in [7, 11) is 2.75. The minimum Gasteiger partial charge on any atom is -0.456 e. The quantitative estimate of drug-likeness (QED) is 0.184. The number of nitrogens with zero attached hydrogens (tertiary/aromatic N) is 1. The Bertz CT molecular complexity index is 818. The second-order valence-electron chi connectivity index (χ2n) is 5.39. The van der Waals surface area contributed by atoms with E-state index < -0.39 is 16.7 Å². The van der Waals surface area contributed by atoms with Crippen LogP contribution in [-0.2, 0) is 6.18 Å². The number of ether oxygens (including phenoxy) is 1. The van der Waals surface area contributed by atoms with Crippen LogP contribution in [0.3, 0.4) is 0 Å². The predicted octanol–water partition coefficient (Wildman–Crippen LogP) is 7.60. The largest absolute Gasteiger partial charge is 0.456 e. The molecule has 4 nitrogen and oxygen atoms in total. The third-order valence-electron chi connectivity index (χ3n) is 3.34. The Labute approximate surface area is 167 Å². The highest BCUT2D eigenvalue weighted by atomic mass is 35.5. The molecule has 0 heterocycles. The average molecular weight is 438 g/mol. The minimum atomic E-state index is -4.50. The molecule has 0 atom stereocenters. The Hall–Kier alpha value is -1.58. The zero-order valence-corrected chi connectivity index (χ0v) is 16.5. The summed E-state index contributed by atoms with van der Waals surface area (Å²) in [5.74, 6) is 1.13. The van der Waals surface area contributed by atoms with Crippen molar-refractivity contribution in [3.05, 3.63) is 57.1 Å². The summed E-state index contributed by atoms with van der Waals surface area (Å²) < 4.78 is 43.6. The fraction of sp³-hybridized carbons (Fsp3) is 0.294. The summed E-state index contributed by atoms with van der Waals surface area (Å²) >= 11 is 5.88. The van der Waals surface area contributed by atoms with Gasteiger partial charge in [0, 0.05) is 17.9 Å². The predicted molar refractivity (Wildman–Crippen MR) is 103 cm³/mol. The summed E-state index contributed by atoms with van der Waals surface area (Å²) in [5.41, 5.74) is -0.943. The molecule has 0 radical (unpaired) electrons. The van der Waals surface area contributed by atoms with Gasteiger partial charge < -0.3 is 4.74 Å². The van der Waals surface area contributed by atoms with Crippen molar-refractivity contribution in [2.45, 2.75) is 30.8 Å². The van der Waals surface area contributed by atoms with E-state index in [1.54, 1.807) is 0 Å². The summed E-state index contributed by atoms with van der Waals surface area (Å²) in [6.07, 6.45) is -2.50. The third-order valence-corrected chi connectivity index (χ3v) is 6.11. The first-order chi connectivity index (χ1) is 12.7. The molecule has 0 aromatic heterocycles. The highest BCUT2D eigenvalue weighted by Crippen LogP contribution is 2.42. The van der Waals surface area contributed by atoms with Crippen LogP contribution in [0.1, 0.15) is 25.3 Å². The van der Waals surface area contributed by atoms with Crippen LogP contribution in [0.2, 0.25) is 5.02 Å². The Morgan fingerprint density at radius 3 is 2.56 bits per heavy atom. The van der Waals surface area contributed by atoms with Crippen molar-refractivity contribution in [1.82, 2.24) is 0 Å². The fourth-order valence-electron chi connectivity index (χ4n) is 1.97. The number of hydrogen-bond acceptors (Lipinski definition) is 5. The Morgan fingerprint density at radius 2 is 1.96 bits per heavy atom. The van der Waals surface area contributed by atoms with E-state index in [0.29, 0.717) is 4.90 Å². The number of nitro groups is 1. The van der Waals surface area contributed by atoms with Gasteiger partial charge in [0.25, 0.3) is 5.69 Å². The number of nitro benzene ring substituents is 1. The zero-order chi connectivity index (χ0) is 20.0. The van der Waals surface area contributed by atoms with Gasteiger partial charge in [0.1, 0.15) is 11.5 Å². The summed E-state index contributed by atoms with van der Waals surface area (Å²) in [6.45, 7) is 2.05. The molecule has 0 spiro atoms. The van der Waals surface area contributed by atoms with Gasteiger partial charge in [-0.1, -0.05) is 46.5 Å². The van der Waals surface area contributed by atoms with E-state index in [4.69, 9.17) is 16.3 Å². The lowest BCUT2D eigenvalue weighted by Crippen LogP contribution is -2.04. The molecule has 0 aliphatic heterocycles. The molecule has 0 bridgehead atoms. The van der Waals surface area contributed by atoms with Gasteiger partial charge in [-0.15, -0.1) is 0 Å². The SMILES string of the molecule is CCCCSSc1cc(Oc2ccc(C(F)(F)F)cc2Cl)ccc1[N+](=O)[O-]. The molecule has 0 amide bonds. The summed E-state index contributed by atoms with van der Waals surface area (Å²) in [5, 5.41) is 11.0. The van der Waals surface area contributed by atoms with Crippen LogP contribution in [-0.4, -0.2) is 10.7 Å². The van der Waals surface area contributed by atoms with Crippen LogP contribution in [0.25, 0.3) is 0 Å². The van der Waals surface area contributed by atoms with Crippen LogP contribution in [0, 0.1) is 10.1 Å². The maximum Gasteiger partial charge on any atom is 0.416 e. The first-order valence-electron chi connectivity index (χ1n) is 7.85. The van der Waals surface area contributed by atoms with Crippen LogP contribution >= 0.6 is 33.2 Å². The molecule has 2 aromatic rings. The Kier molecular flexibility index (Phi) is 7.69. The van der Waals surface area contributed by atoms with Crippen LogP contribution in [0.5, 0.6) is 11.5 Å². The van der Waals surface area contributed by atoms with E-state index in [-0.39, 0.29) is 22.2 Å². The minimum absolute atomic E-state index is 0.0353. The molecule has 2 rings (SSSR count). The standard InChI is InChI=1S/C17H15ClF3NO3S2/c1-2-3-8-26-27-16-10-12(5-6-14(16)22(23)24)25-15-7-4-11(9-13(15)18)17(19,20)21/h4-7,9-10H,2-3,8H2,1H3. The molecule has 27 heavy (non-hydrogen) atoms. The summed E-state index contributed by atoms with van der Waals surface area (Å²) in [4.78, 5) is 11.1. The van der Waals surface area contributed by atoms with Crippen molar-refractivity contribution in [3.63, 3.8) is 0 Å². The molecule has 0 saturated carbocycles. The van der Waals surface area contributed by atoms with Crippen molar-refractivity contribution >= 4 is 38.9 Å². The van der Waals surface area contributed by atoms with Gasteiger partial charge in [-0.25, -0.2) is 0 Å². The lowest BCUT2D eigenvalue weighted by atomic mass is 10.2. The van der Waals surface area contributed by atoms with E-state index in [0.717, 1.165) is 36.8 Å². The molecule has 0 saturated heterocycles. The van der Waals surface area contributed by atoms with Gasteiger partial charge in [-0.2, -0.15) is 13.2 Å². The number of hydrogen-bond donors (Lipinski definition) is 0. The van der Waals surface area contributed by atoms with E-state index in [1.165, 1.54) is 39.8 Å². The highest BCUT2D eigenvalue weighted by Gasteiger charge is 2.31. The molecular weight excluding hydrogens is 423 g/mol. The van der Waals surface area contributed by atoms with Gasteiger partial charge >= 0.3 is 6.18 Å². The van der Waals surface area contributed by atoms with Crippen LogP contribution < -0.4 is 4.74 Å². The van der Waals surface area contributed by atoms with Crippen molar-refractivity contribution in [2.75, 3.05) is 5.75 Å². The van der Waals surface area contributed by atoms with Gasteiger partial charge in [0.2, 0.25) is 0 Å². The number of benzene rings is 2. The molecule has 10 heteroatoms. The molecule has 2 aromatic carbocycles. The molecule has 0 fully saturated rings. The van der Waals surface area contributed by atoms with Gasteiger partial charge in [-0.05, 0) is 30.7 Å².